The molecule has 0 amide bonds. The normalized spacial score (nSPS) is 11.1. The van der Waals surface area contributed by atoms with Gasteiger partial charge in [-0.05, 0) is 43.3 Å². The third-order valence-electron chi connectivity index (χ3n) is 3.13. The number of nitrogens with one attached hydrogen (secondary N) is 2. The third-order valence-corrected chi connectivity index (χ3v) is 4.07. The van der Waals surface area contributed by atoms with E-state index in [0.29, 0.717) is 13.2 Å². The number of halogens is 1. The Morgan fingerprint density at radius 3 is 2.92 bits per heavy atom. The topological polar surface area (TPSA) is 58.8 Å². The quantitative estimate of drug-likeness (QED) is 0.245. The SMILES string of the molecule is CCNC(=NCCCOCc1ccco1)NCCc1cccs1.I. The Kier molecular flexibility index (Phi) is 11.6. The summed E-state index contributed by atoms with van der Waals surface area (Å²) in [6.07, 6.45) is 3.57. The van der Waals surface area contributed by atoms with Crippen LogP contribution < -0.4 is 10.6 Å². The summed E-state index contributed by atoms with van der Waals surface area (Å²) in [6, 6.07) is 8.03. The van der Waals surface area contributed by atoms with Crippen molar-refractivity contribution in [1.82, 2.24) is 10.6 Å². The summed E-state index contributed by atoms with van der Waals surface area (Å²) >= 11 is 1.79. The Hall–Kier alpha value is -1.06. The predicted octanol–water partition coefficient (Wildman–Crippen LogP) is 3.66. The first-order chi connectivity index (χ1) is 11.4. The molecule has 0 saturated heterocycles. The third kappa shape index (κ3) is 8.70. The van der Waals surface area contributed by atoms with Gasteiger partial charge in [-0.15, -0.1) is 35.3 Å². The van der Waals surface area contributed by atoms with E-state index < -0.39 is 0 Å². The van der Waals surface area contributed by atoms with Gasteiger partial charge < -0.3 is 19.8 Å². The maximum absolute atomic E-state index is 5.55. The van der Waals surface area contributed by atoms with Crippen molar-refractivity contribution in [2.24, 2.45) is 4.99 Å². The van der Waals surface area contributed by atoms with Gasteiger partial charge in [0, 0.05) is 31.1 Å². The van der Waals surface area contributed by atoms with E-state index in [2.05, 4.69) is 40.1 Å². The van der Waals surface area contributed by atoms with Crippen molar-refractivity contribution in [2.75, 3.05) is 26.2 Å². The highest BCUT2D eigenvalue weighted by molar-refractivity contribution is 14.0. The molecule has 2 heterocycles. The Morgan fingerprint density at radius 1 is 1.29 bits per heavy atom. The number of rotatable bonds is 10. The molecule has 134 valence electrons. The van der Waals surface area contributed by atoms with Crippen LogP contribution in [-0.4, -0.2) is 32.2 Å². The zero-order chi connectivity index (χ0) is 16.2. The highest BCUT2D eigenvalue weighted by Crippen LogP contribution is 2.08. The minimum atomic E-state index is 0. The monoisotopic (exact) mass is 463 g/mol. The standard InChI is InChI=1S/C17H25N3O2S.HI/c1-2-18-17(20-10-8-16-7-4-13-23-16)19-9-5-11-21-14-15-6-3-12-22-15;/h3-4,6-7,12-13H,2,5,8-11,14H2,1H3,(H2,18,19,20);1H. The van der Waals surface area contributed by atoms with E-state index in [9.17, 15) is 0 Å². The highest BCUT2D eigenvalue weighted by Gasteiger charge is 1.99. The predicted molar refractivity (Wildman–Crippen MR) is 110 cm³/mol. The second-order valence-corrected chi connectivity index (χ2v) is 6.03. The van der Waals surface area contributed by atoms with Crippen LogP contribution in [0, 0.1) is 0 Å². The zero-order valence-electron chi connectivity index (χ0n) is 14.0. The number of hydrogen-bond donors (Lipinski definition) is 2. The lowest BCUT2D eigenvalue weighted by atomic mass is 10.3. The second-order valence-electron chi connectivity index (χ2n) is 5.00. The molecule has 0 spiro atoms. The molecule has 0 atom stereocenters. The van der Waals surface area contributed by atoms with Gasteiger partial charge in [-0.3, -0.25) is 4.99 Å². The summed E-state index contributed by atoms with van der Waals surface area (Å²) in [6.45, 7) is 5.77. The molecule has 0 fully saturated rings. The van der Waals surface area contributed by atoms with Gasteiger partial charge in [0.15, 0.2) is 5.96 Å². The van der Waals surface area contributed by atoms with Gasteiger partial charge in [0.05, 0.1) is 6.26 Å². The minimum absolute atomic E-state index is 0. The van der Waals surface area contributed by atoms with Gasteiger partial charge in [0.25, 0.3) is 0 Å². The fourth-order valence-corrected chi connectivity index (χ4v) is 2.73. The lowest BCUT2D eigenvalue weighted by molar-refractivity contribution is 0.105. The summed E-state index contributed by atoms with van der Waals surface area (Å²) in [5.41, 5.74) is 0. The van der Waals surface area contributed by atoms with Crippen LogP contribution in [0.5, 0.6) is 0 Å². The number of ether oxygens (including phenoxy) is 1. The van der Waals surface area contributed by atoms with Crippen molar-refractivity contribution in [3.63, 3.8) is 0 Å². The van der Waals surface area contributed by atoms with E-state index in [4.69, 9.17) is 9.15 Å². The number of nitrogens with zero attached hydrogens (tertiary/aromatic N) is 1. The van der Waals surface area contributed by atoms with Crippen LogP contribution in [0.2, 0.25) is 0 Å². The molecule has 0 radical (unpaired) electrons. The Bertz CT molecular complexity index is 544. The van der Waals surface area contributed by atoms with Crippen molar-refractivity contribution in [3.8, 4) is 0 Å². The van der Waals surface area contributed by atoms with E-state index in [1.54, 1.807) is 17.6 Å². The Morgan fingerprint density at radius 2 is 2.21 bits per heavy atom. The number of furan rings is 1. The van der Waals surface area contributed by atoms with E-state index in [1.807, 2.05) is 12.1 Å². The number of thiophene rings is 1. The van der Waals surface area contributed by atoms with Gasteiger partial charge in [0.1, 0.15) is 12.4 Å². The highest BCUT2D eigenvalue weighted by atomic mass is 127. The van der Waals surface area contributed by atoms with Crippen molar-refractivity contribution in [2.45, 2.75) is 26.4 Å². The van der Waals surface area contributed by atoms with Crippen LogP contribution in [0.3, 0.4) is 0 Å². The summed E-state index contributed by atoms with van der Waals surface area (Å²) in [4.78, 5) is 5.95. The van der Waals surface area contributed by atoms with Gasteiger partial charge >= 0.3 is 0 Å². The van der Waals surface area contributed by atoms with Gasteiger partial charge in [-0.1, -0.05) is 6.07 Å². The molecule has 0 bridgehead atoms. The molecule has 5 nitrogen and oxygen atoms in total. The molecule has 0 aliphatic rings. The van der Waals surface area contributed by atoms with Crippen LogP contribution in [0.4, 0.5) is 0 Å². The lowest BCUT2D eigenvalue weighted by Gasteiger charge is -2.10. The zero-order valence-corrected chi connectivity index (χ0v) is 17.1. The molecule has 0 unspecified atom stereocenters. The van der Waals surface area contributed by atoms with Crippen molar-refractivity contribution >= 4 is 41.3 Å². The molecular weight excluding hydrogens is 437 g/mol. The van der Waals surface area contributed by atoms with Gasteiger partial charge in [-0.25, -0.2) is 0 Å². The Balaban J connectivity index is 0.00000288. The first-order valence-corrected chi connectivity index (χ1v) is 8.91. The number of hydrogen-bond acceptors (Lipinski definition) is 4. The summed E-state index contributed by atoms with van der Waals surface area (Å²) in [5, 5.41) is 8.73. The molecule has 0 aliphatic heterocycles. The fourth-order valence-electron chi connectivity index (χ4n) is 2.03. The molecule has 7 heteroatoms. The average molecular weight is 463 g/mol. The molecule has 0 aliphatic carbocycles. The molecule has 2 aromatic rings. The van der Waals surface area contributed by atoms with Gasteiger partial charge in [-0.2, -0.15) is 0 Å². The molecule has 2 N–H and O–H groups in total. The molecule has 24 heavy (non-hydrogen) atoms. The van der Waals surface area contributed by atoms with Crippen LogP contribution >= 0.6 is 35.3 Å². The van der Waals surface area contributed by atoms with E-state index in [-0.39, 0.29) is 24.0 Å². The summed E-state index contributed by atoms with van der Waals surface area (Å²) in [5.74, 6) is 1.73. The smallest absolute Gasteiger partial charge is 0.191 e. The summed E-state index contributed by atoms with van der Waals surface area (Å²) in [7, 11) is 0. The first-order valence-electron chi connectivity index (χ1n) is 8.03. The molecule has 2 aromatic heterocycles. The van der Waals surface area contributed by atoms with Crippen LogP contribution in [0.15, 0.2) is 45.3 Å². The first kappa shape index (κ1) is 21.0. The maximum atomic E-state index is 5.55. The van der Waals surface area contributed by atoms with Crippen molar-refractivity contribution in [1.29, 1.82) is 0 Å². The molecule has 0 saturated carbocycles. The van der Waals surface area contributed by atoms with Crippen molar-refractivity contribution < 1.29 is 9.15 Å². The Labute approximate surface area is 164 Å². The lowest BCUT2D eigenvalue weighted by Crippen LogP contribution is -2.38. The minimum Gasteiger partial charge on any atom is -0.467 e. The summed E-state index contributed by atoms with van der Waals surface area (Å²) < 4.78 is 10.8. The van der Waals surface area contributed by atoms with Crippen LogP contribution in [-0.2, 0) is 17.8 Å². The second kappa shape index (κ2) is 13.3. The van der Waals surface area contributed by atoms with Gasteiger partial charge in [0.2, 0.25) is 0 Å². The fraction of sp³-hybridized carbons (Fsp3) is 0.471. The van der Waals surface area contributed by atoms with E-state index >= 15 is 0 Å². The molecular formula is C17H26IN3O2S. The van der Waals surface area contributed by atoms with Crippen LogP contribution in [0.25, 0.3) is 0 Å². The van der Waals surface area contributed by atoms with Crippen LogP contribution in [0.1, 0.15) is 24.0 Å². The molecule has 2 rings (SSSR count). The van der Waals surface area contributed by atoms with Crippen molar-refractivity contribution in [3.05, 3.63) is 46.5 Å². The maximum Gasteiger partial charge on any atom is 0.191 e. The number of aliphatic imine (C=N–C) groups is 1. The molecule has 0 aromatic carbocycles. The largest absolute Gasteiger partial charge is 0.467 e. The average Bonchev–Trinajstić information content (AvgIpc) is 3.24. The van der Waals surface area contributed by atoms with E-state index in [0.717, 1.165) is 44.2 Å². The number of guanidine groups is 1. The van der Waals surface area contributed by atoms with E-state index in [1.165, 1.54) is 4.88 Å².